The van der Waals surface area contributed by atoms with Crippen LogP contribution in [0.3, 0.4) is 0 Å². The van der Waals surface area contributed by atoms with E-state index in [9.17, 15) is 4.79 Å². The highest BCUT2D eigenvalue weighted by molar-refractivity contribution is 5.74. The Labute approximate surface area is 94.8 Å². The van der Waals surface area contributed by atoms with Crippen molar-refractivity contribution in [2.24, 2.45) is 5.84 Å². The third-order valence-electron chi connectivity index (χ3n) is 2.64. The zero-order valence-corrected chi connectivity index (χ0v) is 9.39. The molecule has 5 heteroatoms. The van der Waals surface area contributed by atoms with Crippen molar-refractivity contribution < 1.29 is 4.79 Å². The molecule has 5 nitrogen and oxygen atoms in total. The van der Waals surface area contributed by atoms with Gasteiger partial charge in [-0.2, -0.15) is 0 Å². The summed E-state index contributed by atoms with van der Waals surface area (Å²) in [6.45, 7) is 3.86. The Hall–Kier alpha value is -1.62. The molecule has 0 aliphatic carbocycles. The van der Waals surface area contributed by atoms with E-state index in [1.165, 1.54) is 5.01 Å². The van der Waals surface area contributed by atoms with Gasteiger partial charge in [0.2, 0.25) is 0 Å². The normalized spacial score (nSPS) is 16.8. The molecule has 1 fully saturated rings. The van der Waals surface area contributed by atoms with Crippen molar-refractivity contribution in [3.05, 3.63) is 29.6 Å². The molecule has 0 bridgehead atoms. The van der Waals surface area contributed by atoms with Crippen LogP contribution < -0.4 is 5.84 Å². The SMILES string of the molecule is Cc1cccc(CN2CCCN(N)C2=O)n1. The van der Waals surface area contributed by atoms with Crippen molar-refractivity contribution in [1.82, 2.24) is 14.9 Å². The maximum atomic E-state index is 11.7. The number of urea groups is 1. The second kappa shape index (κ2) is 4.49. The van der Waals surface area contributed by atoms with Crippen molar-refractivity contribution in [2.75, 3.05) is 13.1 Å². The Morgan fingerprint density at radius 2 is 2.25 bits per heavy atom. The first-order valence-electron chi connectivity index (χ1n) is 5.40. The molecule has 2 amide bonds. The minimum Gasteiger partial charge on any atom is -0.318 e. The summed E-state index contributed by atoms with van der Waals surface area (Å²) in [5.41, 5.74) is 1.87. The van der Waals surface area contributed by atoms with E-state index in [2.05, 4.69) is 4.98 Å². The van der Waals surface area contributed by atoms with Crippen LogP contribution in [0.25, 0.3) is 0 Å². The molecule has 0 saturated carbocycles. The van der Waals surface area contributed by atoms with E-state index in [-0.39, 0.29) is 6.03 Å². The standard InChI is InChI=1S/C11H16N4O/c1-9-4-2-5-10(13-9)8-14-6-3-7-15(12)11(14)16/h2,4-5H,3,6-8,12H2,1H3. The summed E-state index contributed by atoms with van der Waals surface area (Å²) in [6.07, 6.45) is 0.911. The minimum absolute atomic E-state index is 0.116. The van der Waals surface area contributed by atoms with Crippen LogP contribution in [0.15, 0.2) is 18.2 Å². The lowest BCUT2D eigenvalue weighted by molar-refractivity contribution is 0.126. The van der Waals surface area contributed by atoms with E-state index in [1.54, 1.807) is 4.90 Å². The van der Waals surface area contributed by atoms with Crippen LogP contribution in [-0.4, -0.2) is 34.0 Å². The van der Waals surface area contributed by atoms with Gasteiger partial charge in [-0.1, -0.05) is 6.07 Å². The van der Waals surface area contributed by atoms with Gasteiger partial charge in [-0.05, 0) is 25.5 Å². The number of hydrazine groups is 1. The van der Waals surface area contributed by atoms with Crippen molar-refractivity contribution in [1.29, 1.82) is 0 Å². The second-order valence-corrected chi connectivity index (χ2v) is 4.02. The van der Waals surface area contributed by atoms with Crippen LogP contribution in [0.2, 0.25) is 0 Å². The molecule has 2 rings (SSSR count). The third-order valence-corrected chi connectivity index (χ3v) is 2.64. The summed E-state index contributed by atoms with van der Waals surface area (Å²) < 4.78 is 0. The minimum atomic E-state index is -0.116. The number of nitrogens with two attached hydrogens (primary N) is 1. The monoisotopic (exact) mass is 220 g/mol. The molecule has 0 spiro atoms. The fourth-order valence-electron chi connectivity index (χ4n) is 1.83. The molecule has 0 atom stereocenters. The van der Waals surface area contributed by atoms with Crippen LogP contribution in [0.4, 0.5) is 4.79 Å². The molecule has 0 unspecified atom stereocenters. The molecule has 0 radical (unpaired) electrons. The highest BCUT2D eigenvalue weighted by atomic mass is 16.2. The van der Waals surface area contributed by atoms with Crippen molar-refractivity contribution in [3.63, 3.8) is 0 Å². The van der Waals surface area contributed by atoms with Gasteiger partial charge in [0.15, 0.2) is 0 Å². The molecule has 1 aromatic heterocycles. The Morgan fingerprint density at radius 1 is 1.44 bits per heavy atom. The first kappa shape index (κ1) is 10.9. The van der Waals surface area contributed by atoms with Gasteiger partial charge in [0.1, 0.15) is 0 Å². The lowest BCUT2D eigenvalue weighted by Crippen LogP contribution is -2.52. The molecular formula is C11H16N4O. The van der Waals surface area contributed by atoms with E-state index in [0.717, 1.165) is 24.4 Å². The molecule has 1 saturated heterocycles. The van der Waals surface area contributed by atoms with Crippen LogP contribution >= 0.6 is 0 Å². The largest absolute Gasteiger partial charge is 0.334 e. The Balaban J connectivity index is 2.06. The predicted octanol–water partition coefficient (Wildman–Crippen LogP) is 0.891. The fraction of sp³-hybridized carbons (Fsp3) is 0.455. The number of pyridine rings is 1. The molecule has 16 heavy (non-hydrogen) atoms. The Bertz CT molecular complexity index is 393. The number of hydrogen-bond acceptors (Lipinski definition) is 3. The number of amides is 2. The molecule has 2 N–H and O–H groups in total. The van der Waals surface area contributed by atoms with Crippen LogP contribution in [0.5, 0.6) is 0 Å². The summed E-state index contributed by atoms with van der Waals surface area (Å²) in [7, 11) is 0. The summed E-state index contributed by atoms with van der Waals surface area (Å²) in [6, 6.07) is 5.70. The predicted molar refractivity (Wildman–Crippen MR) is 60.3 cm³/mol. The van der Waals surface area contributed by atoms with Crippen LogP contribution in [-0.2, 0) is 6.54 Å². The van der Waals surface area contributed by atoms with Crippen molar-refractivity contribution >= 4 is 6.03 Å². The Morgan fingerprint density at radius 3 is 3.00 bits per heavy atom. The lowest BCUT2D eigenvalue weighted by Gasteiger charge is -2.32. The van der Waals surface area contributed by atoms with Gasteiger partial charge in [0.05, 0.1) is 12.2 Å². The van der Waals surface area contributed by atoms with Gasteiger partial charge in [0.25, 0.3) is 0 Å². The van der Waals surface area contributed by atoms with Crippen molar-refractivity contribution in [3.8, 4) is 0 Å². The van der Waals surface area contributed by atoms with Gasteiger partial charge >= 0.3 is 6.03 Å². The van der Waals surface area contributed by atoms with E-state index < -0.39 is 0 Å². The van der Waals surface area contributed by atoms with E-state index in [4.69, 9.17) is 5.84 Å². The first-order valence-corrected chi connectivity index (χ1v) is 5.40. The summed E-state index contributed by atoms with van der Waals surface area (Å²) in [5.74, 6) is 5.57. The van der Waals surface area contributed by atoms with E-state index in [0.29, 0.717) is 13.1 Å². The Kier molecular flexibility index (Phi) is 3.05. The number of aryl methyl sites for hydroxylation is 1. The van der Waals surface area contributed by atoms with Gasteiger partial charge in [-0.15, -0.1) is 0 Å². The second-order valence-electron chi connectivity index (χ2n) is 4.02. The fourth-order valence-corrected chi connectivity index (χ4v) is 1.83. The molecule has 1 aliphatic rings. The van der Waals surface area contributed by atoms with E-state index in [1.807, 2.05) is 25.1 Å². The quantitative estimate of drug-likeness (QED) is 0.594. The highest BCUT2D eigenvalue weighted by Gasteiger charge is 2.23. The number of aromatic nitrogens is 1. The summed E-state index contributed by atoms with van der Waals surface area (Å²) in [5, 5.41) is 1.26. The molecule has 86 valence electrons. The average Bonchev–Trinajstić information content (AvgIpc) is 2.25. The zero-order valence-electron chi connectivity index (χ0n) is 9.39. The summed E-state index contributed by atoms with van der Waals surface area (Å²) in [4.78, 5) is 17.8. The molecule has 1 aromatic rings. The van der Waals surface area contributed by atoms with Crippen LogP contribution in [0.1, 0.15) is 17.8 Å². The highest BCUT2D eigenvalue weighted by Crippen LogP contribution is 2.10. The maximum Gasteiger partial charge on any atom is 0.334 e. The van der Waals surface area contributed by atoms with Crippen LogP contribution in [0, 0.1) is 6.92 Å². The summed E-state index contributed by atoms with van der Waals surface area (Å²) >= 11 is 0. The number of carbonyl (C=O) groups is 1. The van der Waals surface area contributed by atoms with Crippen molar-refractivity contribution in [2.45, 2.75) is 19.9 Å². The van der Waals surface area contributed by atoms with E-state index >= 15 is 0 Å². The number of nitrogens with zero attached hydrogens (tertiary/aromatic N) is 3. The number of hydrogen-bond donors (Lipinski definition) is 1. The topological polar surface area (TPSA) is 62.5 Å². The molecule has 1 aliphatic heterocycles. The van der Waals surface area contributed by atoms with Gasteiger partial charge in [0, 0.05) is 18.8 Å². The van der Waals surface area contributed by atoms with Gasteiger partial charge in [-0.25, -0.2) is 10.6 Å². The number of rotatable bonds is 2. The maximum absolute atomic E-state index is 11.7. The molecule has 0 aromatic carbocycles. The van der Waals surface area contributed by atoms with Gasteiger partial charge in [-0.3, -0.25) is 9.99 Å². The first-order chi connectivity index (χ1) is 7.66. The third kappa shape index (κ3) is 2.30. The lowest BCUT2D eigenvalue weighted by atomic mass is 10.2. The van der Waals surface area contributed by atoms with Gasteiger partial charge < -0.3 is 4.90 Å². The molecular weight excluding hydrogens is 204 g/mol. The smallest absolute Gasteiger partial charge is 0.318 e. The average molecular weight is 220 g/mol. The molecule has 2 heterocycles. The number of carbonyl (C=O) groups excluding carboxylic acids is 1. The zero-order chi connectivity index (χ0) is 11.5.